The third-order valence-corrected chi connectivity index (χ3v) is 5.88. The molecule has 2 atom stereocenters. The summed E-state index contributed by atoms with van der Waals surface area (Å²) in [6, 6.07) is 7.10. The molecular formula is C21H27N3O4. The van der Waals surface area contributed by atoms with Crippen molar-refractivity contribution in [2.24, 2.45) is 5.92 Å². The van der Waals surface area contributed by atoms with Crippen molar-refractivity contribution in [3.05, 3.63) is 50.3 Å². The van der Waals surface area contributed by atoms with Crippen LogP contribution >= 0.6 is 0 Å². The van der Waals surface area contributed by atoms with Crippen LogP contribution in [0.15, 0.2) is 33.9 Å². The third-order valence-electron chi connectivity index (χ3n) is 5.88. The van der Waals surface area contributed by atoms with E-state index >= 15 is 0 Å². The number of rotatable bonds is 4. The average molecular weight is 385 g/mol. The molecule has 28 heavy (non-hydrogen) atoms. The van der Waals surface area contributed by atoms with Crippen molar-refractivity contribution in [3.63, 3.8) is 0 Å². The van der Waals surface area contributed by atoms with Gasteiger partial charge in [0.2, 0.25) is 5.91 Å². The van der Waals surface area contributed by atoms with Gasteiger partial charge in [-0.1, -0.05) is 38.5 Å². The van der Waals surface area contributed by atoms with Crippen molar-refractivity contribution >= 4 is 23.0 Å². The van der Waals surface area contributed by atoms with E-state index in [-0.39, 0.29) is 13.3 Å². The zero-order valence-electron chi connectivity index (χ0n) is 16.2. The van der Waals surface area contributed by atoms with Gasteiger partial charge in [-0.25, -0.2) is 0 Å². The maximum Gasteiger partial charge on any atom is 0.253 e. The van der Waals surface area contributed by atoms with E-state index in [0.29, 0.717) is 44.2 Å². The Balaban J connectivity index is 0.00000240. The molecule has 0 saturated carbocycles. The van der Waals surface area contributed by atoms with Crippen molar-refractivity contribution in [2.45, 2.75) is 32.9 Å². The molecule has 0 unspecified atom stereocenters. The lowest BCUT2D eigenvalue weighted by Crippen LogP contribution is -2.54. The Labute approximate surface area is 165 Å². The van der Waals surface area contributed by atoms with Crippen LogP contribution in [0.2, 0.25) is 0 Å². The lowest BCUT2D eigenvalue weighted by atomic mass is 9.95. The number of amides is 1. The van der Waals surface area contributed by atoms with Gasteiger partial charge in [0.25, 0.3) is 10.9 Å². The molecule has 2 aliphatic heterocycles. The smallest absolute Gasteiger partial charge is 0.253 e. The number of nitrogens with one attached hydrogen (secondary N) is 1. The molecule has 7 nitrogen and oxygen atoms in total. The maximum absolute atomic E-state index is 13.1. The van der Waals surface area contributed by atoms with Gasteiger partial charge in [-0.15, -0.1) is 0 Å². The lowest BCUT2D eigenvalue weighted by molar-refractivity contribution is -0.118. The highest BCUT2D eigenvalue weighted by Gasteiger charge is 2.40. The normalized spacial score (nSPS) is 21.2. The van der Waals surface area contributed by atoms with E-state index in [1.807, 2.05) is 47.9 Å². The highest BCUT2D eigenvalue weighted by atomic mass is 16.5. The fraction of sp³-hybridized carbons (Fsp3) is 0.476. The van der Waals surface area contributed by atoms with E-state index in [2.05, 4.69) is 5.32 Å². The highest BCUT2D eigenvalue weighted by Crippen LogP contribution is 2.34. The van der Waals surface area contributed by atoms with Gasteiger partial charge in [0.1, 0.15) is 17.4 Å². The van der Waals surface area contributed by atoms with Crippen molar-refractivity contribution in [2.75, 3.05) is 41.4 Å². The molecule has 0 bridgehead atoms. The summed E-state index contributed by atoms with van der Waals surface area (Å²) >= 11 is 0. The molecule has 2 aromatic carbocycles. The van der Waals surface area contributed by atoms with E-state index in [4.69, 9.17) is 4.74 Å². The van der Waals surface area contributed by atoms with Gasteiger partial charge >= 0.3 is 0 Å². The molecule has 1 fully saturated rings. The summed E-state index contributed by atoms with van der Waals surface area (Å²) in [5, 5.41) is 3.01. The maximum atomic E-state index is 13.1. The predicted molar refractivity (Wildman–Crippen MR) is 111 cm³/mol. The number of hydrogen-bond donors (Lipinski definition) is 1. The van der Waals surface area contributed by atoms with Crippen LogP contribution in [0.5, 0.6) is 0 Å². The molecule has 7 heteroatoms. The quantitative estimate of drug-likeness (QED) is 0.808. The second kappa shape index (κ2) is 7.39. The lowest BCUT2D eigenvalue weighted by Gasteiger charge is -2.38. The first-order chi connectivity index (χ1) is 13.5. The summed E-state index contributed by atoms with van der Waals surface area (Å²) in [7, 11) is 0. The first-order valence-electron chi connectivity index (χ1n) is 9.84. The molecule has 2 aromatic rings. The predicted octanol–water partition coefficient (Wildman–Crippen LogP) is 1.74. The minimum Gasteiger partial charge on any atom is -0.378 e. The zero-order chi connectivity index (χ0) is 19.8. The van der Waals surface area contributed by atoms with Crippen LogP contribution in [0, 0.1) is 5.92 Å². The molecular weight excluding hydrogens is 358 g/mol. The number of ether oxygens (including phenoxy) is 1. The summed E-state index contributed by atoms with van der Waals surface area (Å²) in [6.07, 6.45) is 0.785. The van der Waals surface area contributed by atoms with Gasteiger partial charge in [0.05, 0.1) is 13.2 Å². The van der Waals surface area contributed by atoms with Crippen LogP contribution in [-0.4, -0.2) is 38.3 Å². The van der Waals surface area contributed by atoms with Crippen LogP contribution in [0.3, 0.4) is 0 Å². The number of fused-ring (bicyclic) bond motifs is 1. The van der Waals surface area contributed by atoms with Crippen molar-refractivity contribution in [1.29, 1.82) is 0 Å². The van der Waals surface area contributed by atoms with Gasteiger partial charge in [-0.2, -0.15) is 0 Å². The van der Waals surface area contributed by atoms with Crippen molar-refractivity contribution in [3.8, 4) is 0 Å². The number of carbonyl (C=O) groups excluding carboxylic acids is 1. The van der Waals surface area contributed by atoms with Crippen LogP contribution in [-0.2, 0) is 16.1 Å². The van der Waals surface area contributed by atoms with Crippen LogP contribution in [0.25, 0.3) is 0 Å². The fourth-order valence-electron chi connectivity index (χ4n) is 4.13. The van der Waals surface area contributed by atoms with E-state index in [0.717, 1.165) is 17.7 Å². The Morgan fingerprint density at radius 3 is 2.54 bits per heavy atom. The molecule has 1 saturated heterocycles. The number of para-hydroxylation sites is 1. The van der Waals surface area contributed by atoms with Gasteiger partial charge in [-0.05, 0) is 17.5 Å². The number of nitrogens with zero attached hydrogens (tertiary/aromatic N) is 2. The highest BCUT2D eigenvalue weighted by molar-refractivity contribution is 6.00. The average Bonchev–Trinajstić information content (AvgIpc) is 2.86. The van der Waals surface area contributed by atoms with Crippen molar-refractivity contribution in [1.82, 2.24) is 0 Å². The van der Waals surface area contributed by atoms with E-state index in [9.17, 15) is 14.4 Å². The number of carbonyl (C=O) groups is 1. The van der Waals surface area contributed by atoms with Crippen molar-refractivity contribution < 1.29 is 11.0 Å². The molecule has 1 N–H and O–H groups in total. The minimum absolute atomic E-state index is 0. The number of anilines is 3. The molecule has 0 spiro atoms. The van der Waals surface area contributed by atoms with Crippen LogP contribution in [0.1, 0.15) is 27.3 Å². The van der Waals surface area contributed by atoms with Gasteiger partial charge in [0, 0.05) is 26.7 Å². The van der Waals surface area contributed by atoms with Crippen LogP contribution in [0.4, 0.5) is 17.1 Å². The SMILES string of the molecule is CC[C@H](C)[C@H]1C(=O)Nc2ccccc2CN1c1c(N2CCOCC2)c(=O)c1=O.[HH]. The fourth-order valence-corrected chi connectivity index (χ4v) is 4.13. The topological polar surface area (TPSA) is 79.0 Å². The molecule has 150 valence electrons. The first-order valence-corrected chi connectivity index (χ1v) is 9.84. The first kappa shape index (κ1) is 18.7. The van der Waals surface area contributed by atoms with E-state index in [1.54, 1.807) is 0 Å². The second-order valence-corrected chi connectivity index (χ2v) is 7.56. The molecule has 0 aliphatic carbocycles. The molecule has 2 heterocycles. The Kier molecular flexibility index (Phi) is 4.93. The summed E-state index contributed by atoms with van der Waals surface area (Å²) in [5.41, 5.74) is 1.55. The molecule has 0 radical (unpaired) electrons. The summed E-state index contributed by atoms with van der Waals surface area (Å²) in [6.45, 7) is 6.64. The Morgan fingerprint density at radius 1 is 1.14 bits per heavy atom. The van der Waals surface area contributed by atoms with Crippen LogP contribution < -0.4 is 26.0 Å². The van der Waals surface area contributed by atoms with E-state index in [1.165, 1.54) is 0 Å². The Morgan fingerprint density at radius 2 is 1.82 bits per heavy atom. The number of benzene rings is 1. The van der Waals surface area contributed by atoms with Gasteiger partial charge in [0.15, 0.2) is 0 Å². The standard InChI is InChI=1S/C21H25N3O4.H2/c1-3-13(2)16-21(27)22-15-7-5-4-6-14(15)12-24(16)18-17(19(25)20(18)26)23-8-10-28-11-9-23;/h4-7,13,16H,3,8-12H2,1-2H3,(H,22,27);1H/t13-,16-;/m0./s1. The molecule has 4 rings (SSSR count). The summed E-state index contributed by atoms with van der Waals surface area (Å²) in [4.78, 5) is 42.0. The molecule has 1 amide bonds. The Bertz CT molecular complexity index is 963. The minimum atomic E-state index is -0.513. The molecule has 2 aliphatic rings. The van der Waals surface area contributed by atoms with Gasteiger partial charge in [-0.3, -0.25) is 14.4 Å². The monoisotopic (exact) mass is 385 g/mol. The Hall–Kier alpha value is -2.67. The molecule has 0 aromatic heterocycles. The van der Waals surface area contributed by atoms with Gasteiger partial charge < -0.3 is 19.9 Å². The number of morpholine rings is 1. The summed E-state index contributed by atoms with van der Waals surface area (Å²) < 4.78 is 5.38. The largest absolute Gasteiger partial charge is 0.378 e. The number of hydrogen-bond acceptors (Lipinski definition) is 6. The third kappa shape index (κ3) is 2.99. The second-order valence-electron chi connectivity index (χ2n) is 7.56. The van der Waals surface area contributed by atoms with E-state index < -0.39 is 16.9 Å². The summed E-state index contributed by atoms with van der Waals surface area (Å²) in [5.74, 6) is -0.114. The zero-order valence-corrected chi connectivity index (χ0v) is 16.2.